The molecule has 0 saturated heterocycles. The first-order valence-corrected chi connectivity index (χ1v) is 21.5. The minimum atomic E-state index is 0.345. The van der Waals surface area contributed by atoms with E-state index in [4.69, 9.17) is 15.0 Å². The maximum absolute atomic E-state index is 5.51. The fourth-order valence-corrected chi connectivity index (χ4v) is 10.5. The lowest BCUT2D eigenvalue weighted by Gasteiger charge is -2.25. The van der Waals surface area contributed by atoms with Crippen molar-refractivity contribution in [3.63, 3.8) is 0 Å². The van der Waals surface area contributed by atoms with E-state index in [0.717, 1.165) is 45.0 Å². The highest BCUT2D eigenvalue weighted by Crippen LogP contribution is 2.49. The Bertz CT molecular complexity index is 3800. The van der Waals surface area contributed by atoms with Gasteiger partial charge >= 0.3 is 0 Å². The summed E-state index contributed by atoms with van der Waals surface area (Å²) < 4.78 is 2.56. The van der Waals surface area contributed by atoms with E-state index >= 15 is 0 Å². The molecular formula is C58H38N4. The van der Waals surface area contributed by atoms with Crippen LogP contribution >= 0.6 is 0 Å². The van der Waals surface area contributed by atoms with Gasteiger partial charge in [0.05, 0.1) is 5.52 Å². The Morgan fingerprint density at radius 3 is 1.77 bits per heavy atom. The van der Waals surface area contributed by atoms with Gasteiger partial charge in [-0.1, -0.05) is 183 Å². The molecule has 0 spiro atoms. The molecule has 0 fully saturated rings. The standard InChI is InChI=1S/C58H38N4/c1-35-32-52-55(46-27-13-9-21-40(35)46)54-42-23-8-6-17-37(42)30-31-51(54)62(52)39-33-49-45-26-11-10-24-43(45)44-25-12-14-28-47(44)53(49)50(34-39)58-60-56(38-18-3-2-4-19-38)59-57(61-58)48-29-15-20-36-16-5-7-22-41(36)48/h2-31,33-35H,32H2,1H3. The van der Waals surface area contributed by atoms with Gasteiger partial charge in [0.25, 0.3) is 0 Å². The zero-order valence-corrected chi connectivity index (χ0v) is 34.0. The van der Waals surface area contributed by atoms with E-state index in [2.05, 4.69) is 200 Å². The quantitative estimate of drug-likeness (QED) is 0.167. The Labute approximate surface area is 358 Å². The summed E-state index contributed by atoms with van der Waals surface area (Å²) in [6, 6.07) is 70.1. The summed E-state index contributed by atoms with van der Waals surface area (Å²) in [7, 11) is 0. The van der Waals surface area contributed by atoms with Gasteiger partial charge in [-0.25, -0.2) is 15.0 Å². The smallest absolute Gasteiger partial charge is 0.164 e. The highest BCUT2D eigenvalue weighted by Gasteiger charge is 2.30. The molecular weight excluding hydrogens is 753 g/mol. The molecule has 13 rings (SSSR count). The molecule has 0 bridgehead atoms. The third-order valence-corrected chi connectivity index (χ3v) is 13.2. The van der Waals surface area contributed by atoms with Crippen LogP contribution in [0.3, 0.4) is 0 Å². The Kier molecular flexibility index (Phi) is 7.61. The van der Waals surface area contributed by atoms with Crippen molar-refractivity contribution in [2.24, 2.45) is 0 Å². The van der Waals surface area contributed by atoms with Gasteiger partial charge in [0.15, 0.2) is 17.5 Å². The van der Waals surface area contributed by atoms with Crippen LogP contribution in [0.25, 0.3) is 116 Å². The average molecular weight is 791 g/mol. The number of aromatic nitrogens is 4. The summed E-state index contributed by atoms with van der Waals surface area (Å²) in [5.41, 5.74) is 10.6. The summed E-state index contributed by atoms with van der Waals surface area (Å²) in [5.74, 6) is 2.28. The number of benzene rings is 10. The fraction of sp³-hybridized carbons (Fsp3) is 0.0517. The zero-order valence-electron chi connectivity index (χ0n) is 34.0. The van der Waals surface area contributed by atoms with E-state index in [9.17, 15) is 0 Å². The van der Waals surface area contributed by atoms with Crippen molar-refractivity contribution in [1.82, 2.24) is 19.5 Å². The molecule has 1 aliphatic carbocycles. The molecule has 4 nitrogen and oxygen atoms in total. The van der Waals surface area contributed by atoms with Gasteiger partial charge in [-0.15, -0.1) is 0 Å². The monoisotopic (exact) mass is 790 g/mol. The molecule has 12 aromatic rings. The Morgan fingerprint density at radius 1 is 0.419 bits per heavy atom. The number of hydrogen-bond donors (Lipinski definition) is 0. The first-order valence-electron chi connectivity index (χ1n) is 21.5. The minimum Gasteiger partial charge on any atom is -0.313 e. The fourth-order valence-electron chi connectivity index (χ4n) is 10.5. The molecule has 0 aliphatic heterocycles. The van der Waals surface area contributed by atoms with Crippen LogP contribution in [0.4, 0.5) is 0 Å². The summed E-state index contributed by atoms with van der Waals surface area (Å²) >= 11 is 0. The van der Waals surface area contributed by atoms with Crippen LogP contribution in [0.1, 0.15) is 24.1 Å². The first-order chi connectivity index (χ1) is 30.7. The van der Waals surface area contributed by atoms with E-state index in [0.29, 0.717) is 23.4 Å². The summed E-state index contributed by atoms with van der Waals surface area (Å²) in [6.45, 7) is 2.37. The first kappa shape index (κ1) is 34.9. The Morgan fingerprint density at radius 2 is 0.984 bits per heavy atom. The number of hydrogen-bond acceptors (Lipinski definition) is 3. The molecule has 1 aliphatic rings. The largest absolute Gasteiger partial charge is 0.313 e. The zero-order chi connectivity index (χ0) is 40.9. The highest BCUT2D eigenvalue weighted by atomic mass is 15.0. The maximum Gasteiger partial charge on any atom is 0.164 e. The number of rotatable bonds is 4. The van der Waals surface area contributed by atoms with Crippen LogP contribution in [0, 0.1) is 0 Å². The lowest BCUT2D eigenvalue weighted by molar-refractivity contribution is 0.720. The van der Waals surface area contributed by atoms with Crippen LogP contribution < -0.4 is 0 Å². The molecule has 290 valence electrons. The second-order valence-electron chi connectivity index (χ2n) is 16.7. The van der Waals surface area contributed by atoms with E-state index in [-0.39, 0.29) is 0 Å². The molecule has 0 saturated carbocycles. The van der Waals surface area contributed by atoms with Crippen molar-refractivity contribution in [2.75, 3.05) is 0 Å². The number of nitrogens with zero attached hydrogens (tertiary/aromatic N) is 4. The topological polar surface area (TPSA) is 43.6 Å². The van der Waals surface area contributed by atoms with E-state index < -0.39 is 0 Å². The van der Waals surface area contributed by atoms with Gasteiger partial charge in [0, 0.05) is 44.4 Å². The normalized spacial score (nSPS) is 13.7. The van der Waals surface area contributed by atoms with Gasteiger partial charge in [0.1, 0.15) is 0 Å². The van der Waals surface area contributed by atoms with Crippen LogP contribution in [-0.2, 0) is 6.42 Å². The molecule has 0 amide bonds. The summed E-state index contributed by atoms with van der Waals surface area (Å²) in [6.07, 6.45) is 0.913. The van der Waals surface area contributed by atoms with Gasteiger partial charge in [-0.3, -0.25) is 0 Å². The lowest BCUT2D eigenvalue weighted by Crippen LogP contribution is -2.12. The molecule has 10 aromatic carbocycles. The van der Waals surface area contributed by atoms with Crippen LogP contribution in [0.5, 0.6) is 0 Å². The van der Waals surface area contributed by atoms with Gasteiger partial charge in [-0.2, -0.15) is 0 Å². The van der Waals surface area contributed by atoms with Crippen molar-refractivity contribution < 1.29 is 0 Å². The second kappa shape index (κ2) is 13.5. The SMILES string of the molecule is CC1Cc2c(c3c4ccccc4ccc3n2-c2cc(-c3nc(-c4ccccc4)nc(-c4cccc5ccccc45)n3)c3c4ccccc4c4ccccc4c3c2)-c2ccccc21. The summed E-state index contributed by atoms with van der Waals surface area (Å²) in [4.78, 5) is 16.2. The van der Waals surface area contributed by atoms with Crippen LogP contribution in [0.2, 0.25) is 0 Å². The molecule has 0 N–H and O–H groups in total. The average Bonchev–Trinajstić information content (AvgIpc) is 3.68. The molecule has 1 unspecified atom stereocenters. The van der Waals surface area contributed by atoms with E-state index in [1.54, 1.807) is 0 Å². The molecule has 62 heavy (non-hydrogen) atoms. The van der Waals surface area contributed by atoms with Crippen molar-refractivity contribution in [3.05, 3.63) is 205 Å². The van der Waals surface area contributed by atoms with Crippen molar-refractivity contribution in [2.45, 2.75) is 19.3 Å². The van der Waals surface area contributed by atoms with E-state index in [1.807, 2.05) is 6.07 Å². The third kappa shape index (κ3) is 5.17. The number of fused-ring (bicyclic) bond motifs is 14. The lowest BCUT2D eigenvalue weighted by atomic mass is 9.81. The van der Waals surface area contributed by atoms with Crippen molar-refractivity contribution in [3.8, 4) is 51.0 Å². The highest BCUT2D eigenvalue weighted by molar-refractivity contribution is 6.29. The Balaban J connectivity index is 1.20. The third-order valence-electron chi connectivity index (χ3n) is 13.2. The van der Waals surface area contributed by atoms with Gasteiger partial charge in [0.2, 0.25) is 0 Å². The summed E-state index contributed by atoms with van der Waals surface area (Å²) in [5, 5.41) is 13.2. The van der Waals surface area contributed by atoms with Gasteiger partial charge in [-0.05, 0) is 90.1 Å². The minimum absolute atomic E-state index is 0.345. The van der Waals surface area contributed by atoms with Gasteiger partial charge < -0.3 is 4.57 Å². The molecule has 1 atom stereocenters. The predicted octanol–water partition coefficient (Wildman–Crippen LogP) is 14.9. The maximum atomic E-state index is 5.51. The van der Waals surface area contributed by atoms with Crippen LogP contribution in [-0.4, -0.2) is 19.5 Å². The van der Waals surface area contributed by atoms with Crippen molar-refractivity contribution >= 4 is 64.8 Å². The molecule has 2 heterocycles. The Hall–Kier alpha value is -7.95. The predicted molar refractivity (Wildman–Crippen MR) is 258 cm³/mol. The molecule has 4 heteroatoms. The van der Waals surface area contributed by atoms with E-state index in [1.165, 1.54) is 71.0 Å². The second-order valence-corrected chi connectivity index (χ2v) is 16.7. The van der Waals surface area contributed by atoms with Crippen molar-refractivity contribution in [1.29, 1.82) is 0 Å². The molecule has 2 aromatic heterocycles. The van der Waals surface area contributed by atoms with Crippen LogP contribution in [0.15, 0.2) is 194 Å². The molecule has 0 radical (unpaired) electrons.